The van der Waals surface area contributed by atoms with Gasteiger partial charge in [0.1, 0.15) is 5.54 Å². The number of rotatable bonds is 3. The number of hydrogen-bond donors (Lipinski definition) is 0. The molecule has 2 unspecified atom stereocenters. The molecule has 108 valence electrons. The average molecular weight is 282 g/mol. The molecule has 4 rings (SSSR count). The Bertz CT molecular complexity index is 619. The van der Waals surface area contributed by atoms with Gasteiger partial charge in [-0.25, -0.2) is 0 Å². The Balaban J connectivity index is 1.76. The van der Waals surface area contributed by atoms with Crippen LogP contribution in [0.15, 0.2) is 54.7 Å². The van der Waals surface area contributed by atoms with Gasteiger partial charge in [-0.15, -0.1) is 0 Å². The number of ether oxygens (including phenoxy) is 1. The molecule has 2 aliphatic heterocycles. The molecule has 0 bridgehead atoms. The van der Waals surface area contributed by atoms with Crippen LogP contribution in [-0.4, -0.2) is 30.4 Å². The highest BCUT2D eigenvalue weighted by atomic mass is 16.7. The molecule has 2 aromatic rings. The topological polar surface area (TPSA) is 34.6 Å². The molecule has 2 saturated heterocycles. The highest BCUT2D eigenvalue weighted by Gasteiger charge is 2.66. The van der Waals surface area contributed by atoms with Crippen molar-refractivity contribution in [2.75, 3.05) is 20.3 Å². The van der Waals surface area contributed by atoms with Crippen LogP contribution in [0.3, 0.4) is 0 Å². The van der Waals surface area contributed by atoms with Gasteiger partial charge in [-0.3, -0.25) is 4.98 Å². The van der Waals surface area contributed by atoms with Gasteiger partial charge in [0.15, 0.2) is 0 Å². The van der Waals surface area contributed by atoms with Crippen molar-refractivity contribution in [2.24, 2.45) is 5.92 Å². The molecule has 0 aliphatic carbocycles. The van der Waals surface area contributed by atoms with Gasteiger partial charge < -0.3 is 9.57 Å². The van der Waals surface area contributed by atoms with Crippen molar-refractivity contribution >= 4 is 0 Å². The zero-order chi connectivity index (χ0) is 14.3. The van der Waals surface area contributed by atoms with Gasteiger partial charge in [0.2, 0.25) is 0 Å². The van der Waals surface area contributed by atoms with Crippen molar-refractivity contribution in [1.29, 1.82) is 0 Å². The summed E-state index contributed by atoms with van der Waals surface area (Å²) in [6.45, 7) is 1.38. The predicted octanol–water partition coefficient (Wildman–Crippen LogP) is 2.54. The van der Waals surface area contributed by atoms with Crippen molar-refractivity contribution in [2.45, 2.75) is 11.6 Å². The van der Waals surface area contributed by atoms with E-state index in [1.807, 2.05) is 24.4 Å². The normalized spacial score (nSPS) is 31.7. The highest BCUT2D eigenvalue weighted by Crippen LogP contribution is 2.59. The Labute approximate surface area is 124 Å². The molecule has 0 saturated carbocycles. The van der Waals surface area contributed by atoms with Crippen molar-refractivity contribution < 1.29 is 9.57 Å². The first-order valence-corrected chi connectivity index (χ1v) is 7.25. The van der Waals surface area contributed by atoms with Crippen LogP contribution in [0.25, 0.3) is 0 Å². The van der Waals surface area contributed by atoms with E-state index in [9.17, 15) is 0 Å². The second-order valence-corrected chi connectivity index (χ2v) is 5.62. The van der Waals surface area contributed by atoms with Crippen LogP contribution in [0, 0.1) is 5.92 Å². The van der Waals surface area contributed by atoms with Gasteiger partial charge in [0.25, 0.3) is 0 Å². The molecule has 0 N–H and O–H groups in total. The van der Waals surface area contributed by atoms with Crippen LogP contribution in [0.4, 0.5) is 0 Å². The lowest BCUT2D eigenvalue weighted by Gasteiger charge is -2.57. The molecule has 4 heteroatoms. The van der Waals surface area contributed by atoms with E-state index in [1.54, 1.807) is 7.11 Å². The molecule has 21 heavy (non-hydrogen) atoms. The molecular weight excluding hydrogens is 264 g/mol. The Morgan fingerprint density at radius 3 is 2.71 bits per heavy atom. The quantitative estimate of drug-likeness (QED) is 0.866. The SMILES string of the molecule is CON1[C@H](c2ccccc2)C2COCC21c1ccccn1. The molecule has 0 radical (unpaired) electrons. The fourth-order valence-corrected chi connectivity index (χ4v) is 3.79. The summed E-state index contributed by atoms with van der Waals surface area (Å²) in [4.78, 5) is 10.3. The minimum absolute atomic E-state index is 0.223. The lowest BCUT2D eigenvalue weighted by molar-refractivity contribution is -0.324. The lowest BCUT2D eigenvalue weighted by atomic mass is 9.67. The maximum atomic E-state index is 5.81. The fourth-order valence-electron chi connectivity index (χ4n) is 3.79. The molecular formula is C17H18N2O2. The van der Waals surface area contributed by atoms with Crippen LogP contribution in [-0.2, 0) is 15.1 Å². The number of hydrogen-bond acceptors (Lipinski definition) is 4. The zero-order valence-electron chi connectivity index (χ0n) is 12.0. The molecule has 1 aromatic heterocycles. The number of aromatic nitrogens is 1. The van der Waals surface area contributed by atoms with Crippen LogP contribution in [0.2, 0.25) is 0 Å². The summed E-state index contributed by atoms with van der Waals surface area (Å²) in [7, 11) is 1.73. The first kappa shape index (κ1) is 13.0. The Kier molecular flexibility index (Phi) is 3.03. The van der Waals surface area contributed by atoms with Gasteiger partial charge in [-0.1, -0.05) is 36.4 Å². The van der Waals surface area contributed by atoms with E-state index in [2.05, 4.69) is 40.4 Å². The summed E-state index contributed by atoms with van der Waals surface area (Å²) in [5.41, 5.74) is 2.04. The Hall–Kier alpha value is -1.75. The van der Waals surface area contributed by atoms with E-state index < -0.39 is 0 Å². The molecule has 3 heterocycles. The number of nitrogens with zero attached hydrogens (tertiary/aromatic N) is 2. The van der Waals surface area contributed by atoms with Gasteiger partial charge >= 0.3 is 0 Å². The third-order valence-corrected chi connectivity index (χ3v) is 4.71. The van der Waals surface area contributed by atoms with Gasteiger partial charge in [-0.05, 0) is 17.7 Å². The fraction of sp³-hybridized carbons (Fsp3) is 0.353. The van der Waals surface area contributed by atoms with Crippen molar-refractivity contribution in [3.8, 4) is 0 Å². The van der Waals surface area contributed by atoms with Crippen LogP contribution in [0.1, 0.15) is 17.3 Å². The maximum absolute atomic E-state index is 5.81. The predicted molar refractivity (Wildman–Crippen MR) is 78.3 cm³/mol. The first-order valence-electron chi connectivity index (χ1n) is 7.25. The summed E-state index contributed by atoms with van der Waals surface area (Å²) >= 11 is 0. The van der Waals surface area contributed by atoms with E-state index in [4.69, 9.17) is 9.57 Å². The third-order valence-electron chi connectivity index (χ3n) is 4.71. The number of fused-ring (bicyclic) bond motifs is 1. The van der Waals surface area contributed by atoms with Crippen molar-refractivity contribution in [3.05, 3.63) is 66.0 Å². The standard InChI is InChI=1S/C17H18N2O2/c1-20-19-16(13-7-3-2-4-8-13)14-11-21-12-17(14,19)15-9-5-6-10-18-15/h2-10,14,16H,11-12H2,1H3/t14?,16-,17?/m1/s1. The van der Waals surface area contributed by atoms with E-state index >= 15 is 0 Å². The minimum Gasteiger partial charge on any atom is -0.379 e. The smallest absolute Gasteiger partial charge is 0.119 e. The lowest BCUT2D eigenvalue weighted by Crippen LogP contribution is -2.65. The molecule has 3 atom stereocenters. The van der Waals surface area contributed by atoms with Crippen molar-refractivity contribution in [1.82, 2.24) is 10.0 Å². The molecule has 0 spiro atoms. The summed E-state index contributed by atoms with van der Waals surface area (Å²) in [6.07, 6.45) is 1.84. The minimum atomic E-state index is -0.253. The van der Waals surface area contributed by atoms with Crippen LogP contribution >= 0.6 is 0 Å². The number of benzene rings is 1. The number of hydroxylamine groups is 2. The Morgan fingerprint density at radius 2 is 2.00 bits per heavy atom. The largest absolute Gasteiger partial charge is 0.379 e. The van der Waals surface area contributed by atoms with Crippen molar-refractivity contribution in [3.63, 3.8) is 0 Å². The molecule has 2 fully saturated rings. The van der Waals surface area contributed by atoms with Crippen LogP contribution < -0.4 is 0 Å². The number of pyridine rings is 1. The zero-order valence-corrected chi connectivity index (χ0v) is 12.0. The summed E-state index contributed by atoms with van der Waals surface area (Å²) in [5.74, 6) is 0.370. The second-order valence-electron chi connectivity index (χ2n) is 5.62. The summed E-state index contributed by atoms with van der Waals surface area (Å²) < 4.78 is 5.81. The summed E-state index contributed by atoms with van der Waals surface area (Å²) in [5, 5.41) is 2.06. The second kappa shape index (κ2) is 4.91. The van der Waals surface area contributed by atoms with E-state index in [0.717, 1.165) is 12.3 Å². The summed E-state index contributed by atoms with van der Waals surface area (Å²) in [6, 6.07) is 16.7. The van der Waals surface area contributed by atoms with E-state index in [-0.39, 0.29) is 11.6 Å². The Morgan fingerprint density at radius 1 is 1.19 bits per heavy atom. The molecule has 2 aliphatic rings. The third kappa shape index (κ3) is 1.70. The van der Waals surface area contributed by atoms with E-state index in [1.165, 1.54) is 5.56 Å². The molecule has 1 aromatic carbocycles. The van der Waals surface area contributed by atoms with Gasteiger partial charge in [0, 0.05) is 12.1 Å². The average Bonchev–Trinajstić information content (AvgIpc) is 2.90. The van der Waals surface area contributed by atoms with E-state index in [0.29, 0.717) is 12.5 Å². The first-order chi connectivity index (χ1) is 10.4. The monoisotopic (exact) mass is 282 g/mol. The molecule has 0 amide bonds. The maximum Gasteiger partial charge on any atom is 0.119 e. The van der Waals surface area contributed by atoms with Gasteiger partial charge in [-0.2, -0.15) is 5.06 Å². The molecule has 4 nitrogen and oxygen atoms in total. The van der Waals surface area contributed by atoms with Crippen LogP contribution in [0.5, 0.6) is 0 Å². The highest BCUT2D eigenvalue weighted by molar-refractivity contribution is 5.32. The van der Waals surface area contributed by atoms with Gasteiger partial charge in [0.05, 0.1) is 32.1 Å².